The van der Waals surface area contributed by atoms with Gasteiger partial charge < -0.3 is 0 Å². The molecule has 0 N–H and O–H groups in total. The van der Waals surface area contributed by atoms with Crippen LogP contribution in [0.5, 0.6) is 0 Å². The number of hydrogen-bond acceptors (Lipinski definition) is 1. The van der Waals surface area contributed by atoms with Gasteiger partial charge in [0.25, 0.3) is 0 Å². The molecule has 2 rings (SSSR count). The van der Waals surface area contributed by atoms with Crippen molar-refractivity contribution in [2.45, 2.75) is 25.7 Å². The number of nitrogens with zero attached hydrogens (tertiary/aromatic N) is 1. The highest BCUT2D eigenvalue weighted by Crippen LogP contribution is 2.27. The Morgan fingerprint density at radius 2 is 2.36 bits per heavy atom. The molecule has 1 heterocycles. The maximum atomic E-state index is 5.70. The molecule has 0 atom stereocenters. The second kappa shape index (κ2) is 4.61. The Balaban J connectivity index is 2.22. The van der Waals surface area contributed by atoms with Gasteiger partial charge in [-0.1, -0.05) is 12.1 Å². The maximum absolute atomic E-state index is 5.70. The summed E-state index contributed by atoms with van der Waals surface area (Å²) in [5, 5.41) is 0. The van der Waals surface area contributed by atoms with Crippen molar-refractivity contribution in [3.8, 4) is 0 Å². The monoisotopic (exact) mass is 207 g/mol. The van der Waals surface area contributed by atoms with Crippen molar-refractivity contribution in [2.24, 2.45) is 0 Å². The summed E-state index contributed by atoms with van der Waals surface area (Å²) in [5.41, 5.74) is 4.02. The molecule has 0 radical (unpaired) electrons. The van der Waals surface area contributed by atoms with E-state index < -0.39 is 0 Å². The van der Waals surface area contributed by atoms with Gasteiger partial charge in [-0.05, 0) is 42.9 Å². The summed E-state index contributed by atoms with van der Waals surface area (Å²) in [6.45, 7) is 0. The standard InChI is InChI=1S/C12H14ClN/c13-8-2-5-10-4-1-7-12-11(10)6-3-9-14-12/h3-4,6,9H,1-2,5,7-8H2. The summed E-state index contributed by atoms with van der Waals surface area (Å²) in [4.78, 5) is 4.40. The van der Waals surface area contributed by atoms with Gasteiger partial charge in [-0.2, -0.15) is 0 Å². The second-order valence-corrected chi connectivity index (χ2v) is 3.94. The zero-order chi connectivity index (χ0) is 9.80. The molecule has 0 amide bonds. The summed E-state index contributed by atoms with van der Waals surface area (Å²) in [6.07, 6.45) is 8.56. The van der Waals surface area contributed by atoms with Crippen molar-refractivity contribution in [1.82, 2.24) is 4.98 Å². The maximum Gasteiger partial charge on any atom is 0.0481 e. The molecule has 1 aromatic rings. The van der Waals surface area contributed by atoms with Crippen molar-refractivity contribution < 1.29 is 0 Å². The quantitative estimate of drug-likeness (QED) is 0.693. The molecule has 0 fully saturated rings. The van der Waals surface area contributed by atoms with E-state index in [0.29, 0.717) is 0 Å². The first-order valence-corrected chi connectivity index (χ1v) is 5.64. The van der Waals surface area contributed by atoms with E-state index in [0.717, 1.165) is 31.6 Å². The second-order valence-electron chi connectivity index (χ2n) is 3.56. The first kappa shape index (κ1) is 9.72. The number of aryl methyl sites for hydroxylation is 1. The van der Waals surface area contributed by atoms with Crippen LogP contribution >= 0.6 is 11.6 Å². The zero-order valence-electron chi connectivity index (χ0n) is 8.17. The molecule has 1 aliphatic carbocycles. The fraction of sp³-hybridized carbons (Fsp3) is 0.417. The van der Waals surface area contributed by atoms with Gasteiger partial charge in [0.05, 0.1) is 0 Å². The van der Waals surface area contributed by atoms with E-state index >= 15 is 0 Å². The van der Waals surface area contributed by atoms with Crippen molar-refractivity contribution in [1.29, 1.82) is 0 Å². The van der Waals surface area contributed by atoms with Crippen LogP contribution in [0.3, 0.4) is 0 Å². The van der Waals surface area contributed by atoms with Gasteiger partial charge in [-0.3, -0.25) is 4.98 Å². The van der Waals surface area contributed by atoms with Crippen molar-refractivity contribution in [3.63, 3.8) is 0 Å². The number of rotatable bonds is 3. The molecule has 0 unspecified atom stereocenters. The smallest absolute Gasteiger partial charge is 0.0481 e. The van der Waals surface area contributed by atoms with Crippen LogP contribution in [-0.4, -0.2) is 10.9 Å². The van der Waals surface area contributed by atoms with E-state index in [-0.39, 0.29) is 0 Å². The minimum absolute atomic E-state index is 0.743. The van der Waals surface area contributed by atoms with Crippen molar-refractivity contribution in [3.05, 3.63) is 35.7 Å². The number of fused-ring (bicyclic) bond motifs is 1. The third-order valence-corrected chi connectivity index (χ3v) is 2.86. The third-order valence-electron chi connectivity index (χ3n) is 2.59. The molecule has 0 aliphatic heterocycles. The normalized spacial score (nSPS) is 14.8. The average Bonchev–Trinajstić information content (AvgIpc) is 2.26. The molecule has 1 aliphatic rings. The van der Waals surface area contributed by atoms with Crippen LogP contribution in [0.1, 0.15) is 30.5 Å². The highest BCUT2D eigenvalue weighted by Gasteiger charge is 2.11. The lowest BCUT2D eigenvalue weighted by atomic mass is 9.92. The Kier molecular flexibility index (Phi) is 3.20. The van der Waals surface area contributed by atoms with Crippen LogP contribution in [0.2, 0.25) is 0 Å². The van der Waals surface area contributed by atoms with Gasteiger partial charge in [0.15, 0.2) is 0 Å². The van der Waals surface area contributed by atoms with Crippen LogP contribution in [0.25, 0.3) is 5.57 Å². The fourth-order valence-corrected chi connectivity index (χ4v) is 2.05. The minimum atomic E-state index is 0.743. The molecule has 0 saturated heterocycles. The van der Waals surface area contributed by atoms with Gasteiger partial charge in [-0.25, -0.2) is 0 Å². The lowest BCUT2D eigenvalue weighted by Gasteiger charge is -2.16. The fourth-order valence-electron chi connectivity index (χ4n) is 1.92. The lowest BCUT2D eigenvalue weighted by molar-refractivity contribution is 0.889. The number of allylic oxidation sites excluding steroid dienone is 2. The Bertz CT molecular complexity index is 344. The SMILES string of the molecule is ClCCCC1=CCCc2ncccc21. The van der Waals surface area contributed by atoms with Crippen LogP contribution in [0.4, 0.5) is 0 Å². The van der Waals surface area contributed by atoms with Crippen LogP contribution in [0, 0.1) is 0 Å². The molecule has 0 saturated carbocycles. The average molecular weight is 208 g/mol. The summed E-state index contributed by atoms with van der Waals surface area (Å²) < 4.78 is 0. The number of halogens is 1. The Morgan fingerprint density at radius 3 is 3.21 bits per heavy atom. The van der Waals surface area contributed by atoms with Crippen molar-refractivity contribution >= 4 is 17.2 Å². The van der Waals surface area contributed by atoms with Crippen LogP contribution in [0.15, 0.2) is 24.4 Å². The molecule has 0 aromatic carbocycles. The summed E-state index contributed by atoms with van der Waals surface area (Å²) in [6, 6.07) is 4.18. The minimum Gasteiger partial charge on any atom is -0.261 e. The number of alkyl halides is 1. The molecular formula is C12H14ClN. The van der Waals surface area contributed by atoms with Gasteiger partial charge >= 0.3 is 0 Å². The molecule has 14 heavy (non-hydrogen) atoms. The Labute approximate surface area is 89.8 Å². The largest absolute Gasteiger partial charge is 0.261 e. The lowest BCUT2D eigenvalue weighted by Crippen LogP contribution is -2.02. The third kappa shape index (κ3) is 1.98. The van der Waals surface area contributed by atoms with E-state index in [9.17, 15) is 0 Å². The number of hydrogen-bond donors (Lipinski definition) is 0. The predicted octanol–water partition coefficient (Wildman–Crippen LogP) is 3.43. The Morgan fingerprint density at radius 1 is 1.43 bits per heavy atom. The Hall–Kier alpha value is -0.820. The van der Waals surface area contributed by atoms with E-state index in [1.54, 1.807) is 0 Å². The topological polar surface area (TPSA) is 12.9 Å². The molecule has 74 valence electrons. The predicted molar refractivity (Wildman–Crippen MR) is 60.5 cm³/mol. The van der Waals surface area contributed by atoms with Gasteiger partial charge in [0, 0.05) is 17.8 Å². The molecule has 1 aromatic heterocycles. The molecule has 0 bridgehead atoms. The van der Waals surface area contributed by atoms with E-state index in [2.05, 4.69) is 17.1 Å². The van der Waals surface area contributed by atoms with E-state index in [4.69, 9.17) is 11.6 Å². The van der Waals surface area contributed by atoms with Gasteiger partial charge in [0.1, 0.15) is 0 Å². The molecule has 1 nitrogen and oxygen atoms in total. The van der Waals surface area contributed by atoms with Gasteiger partial charge in [0.2, 0.25) is 0 Å². The van der Waals surface area contributed by atoms with Gasteiger partial charge in [-0.15, -0.1) is 11.6 Å². The first-order chi connectivity index (χ1) is 6.92. The zero-order valence-corrected chi connectivity index (χ0v) is 8.93. The summed E-state index contributed by atoms with van der Waals surface area (Å²) >= 11 is 5.70. The highest BCUT2D eigenvalue weighted by atomic mass is 35.5. The molecular weight excluding hydrogens is 194 g/mol. The number of aromatic nitrogens is 1. The highest BCUT2D eigenvalue weighted by molar-refractivity contribution is 6.17. The molecule has 2 heteroatoms. The summed E-state index contributed by atoms with van der Waals surface area (Å²) in [7, 11) is 0. The van der Waals surface area contributed by atoms with Crippen molar-refractivity contribution in [2.75, 3.05) is 5.88 Å². The van der Waals surface area contributed by atoms with Crippen LogP contribution in [-0.2, 0) is 6.42 Å². The van der Waals surface area contributed by atoms with E-state index in [1.807, 2.05) is 12.3 Å². The summed E-state index contributed by atoms with van der Waals surface area (Å²) in [5.74, 6) is 0.743. The number of pyridine rings is 1. The van der Waals surface area contributed by atoms with Crippen LogP contribution < -0.4 is 0 Å². The molecule has 0 spiro atoms. The van der Waals surface area contributed by atoms with E-state index in [1.165, 1.54) is 16.8 Å². The first-order valence-electron chi connectivity index (χ1n) is 5.11.